The predicted octanol–water partition coefficient (Wildman–Crippen LogP) is 4.15. The molecule has 1 aliphatic heterocycles. The second-order valence-corrected chi connectivity index (χ2v) is 7.78. The number of carbonyl (C=O) groups is 1. The normalized spacial score (nSPS) is 15.1. The lowest BCUT2D eigenvalue weighted by atomic mass is 10.00. The van der Waals surface area contributed by atoms with E-state index in [9.17, 15) is 9.18 Å². The molecule has 0 saturated heterocycles. The Morgan fingerprint density at radius 3 is 2.59 bits per heavy atom. The number of amides is 1. The van der Waals surface area contributed by atoms with Gasteiger partial charge in [0.15, 0.2) is 0 Å². The highest BCUT2D eigenvalue weighted by Gasteiger charge is 2.22. The van der Waals surface area contributed by atoms with Crippen molar-refractivity contribution >= 4 is 17.2 Å². The second kappa shape index (κ2) is 8.03. The molecule has 5 heteroatoms. The largest absolute Gasteiger partial charge is 0.343 e. The highest BCUT2D eigenvalue weighted by atomic mass is 32.1. The van der Waals surface area contributed by atoms with E-state index in [1.807, 2.05) is 23.6 Å². The number of hydrogen-bond donors (Lipinski definition) is 1. The van der Waals surface area contributed by atoms with Gasteiger partial charge in [-0.2, -0.15) is 0 Å². The van der Waals surface area contributed by atoms with E-state index >= 15 is 0 Å². The van der Waals surface area contributed by atoms with Crippen LogP contribution in [0.5, 0.6) is 0 Å². The quantitative estimate of drug-likeness (QED) is 0.721. The first kappa shape index (κ1) is 17.9. The van der Waals surface area contributed by atoms with Crippen molar-refractivity contribution in [3.05, 3.63) is 93.4 Å². The molecule has 27 heavy (non-hydrogen) atoms. The van der Waals surface area contributed by atoms with Crippen molar-refractivity contribution in [2.75, 3.05) is 13.1 Å². The van der Waals surface area contributed by atoms with Gasteiger partial charge in [-0.05, 0) is 46.7 Å². The summed E-state index contributed by atoms with van der Waals surface area (Å²) in [5.41, 5.74) is 3.55. The third-order valence-corrected chi connectivity index (χ3v) is 5.85. The SMILES string of the molecule is O=C(CN1CCc2ccccc2C1)N[C@H](c1ccc(F)cc1)c1cccs1. The van der Waals surface area contributed by atoms with Crippen LogP contribution in [0.2, 0.25) is 0 Å². The van der Waals surface area contributed by atoms with Gasteiger partial charge in [0, 0.05) is 18.0 Å². The molecule has 1 amide bonds. The molecule has 3 nitrogen and oxygen atoms in total. The van der Waals surface area contributed by atoms with Crippen molar-refractivity contribution in [1.82, 2.24) is 10.2 Å². The Kier molecular flexibility index (Phi) is 5.32. The number of carbonyl (C=O) groups excluding carboxylic acids is 1. The molecule has 0 unspecified atom stereocenters. The number of benzene rings is 2. The summed E-state index contributed by atoms with van der Waals surface area (Å²) in [5, 5.41) is 5.12. The van der Waals surface area contributed by atoms with Gasteiger partial charge >= 0.3 is 0 Å². The summed E-state index contributed by atoms with van der Waals surface area (Å²) in [6, 6.07) is 18.4. The van der Waals surface area contributed by atoms with Gasteiger partial charge in [0.2, 0.25) is 5.91 Å². The third kappa shape index (κ3) is 4.26. The first-order valence-electron chi connectivity index (χ1n) is 9.06. The van der Waals surface area contributed by atoms with E-state index in [0.29, 0.717) is 6.54 Å². The molecule has 2 aromatic carbocycles. The second-order valence-electron chi connectivity index (χ2n) is 6.80. The Bertz CT molecular complexity index is 908. The van der Waals surface area contributed by atoms with Gasteiger partial charge in [-0.3, -0.25) is 9.69 Å². The first-order chi connectivity index (χ1) is 13.2. The zero-order valence-corrected chi connectivity index (χ0v) is 15.7. The Labute approximate surface area is 162 Å². The molecule has 1 atom stereocenters. The molecule has 4 rings (SSSR count). The molecule has 0 saturated carbocycles. The molecule has 3 aromatic rings. The van der Waals surface area contributed by atoms with Crippen LogP contribution in [-0.2, 0) is 17.8 Å². The lowest BCUT2D eigenvalue weighted by Crippen LogP contribution is -2.41. The van der Waals surface area contributed by atoms with Crippen LogP contribution in [0, 0.1) is 5.82 Å². The van der Waals surface area contributed by atoms with Gasteiger partial charge in [-0.25, -0.2) is 4.39 Å². The zero-order valence-electron chi connectivity index (χ0n) is 14.9. The van der Waals surface area contributed by atoms with E-state index in [0.717, 1.165) is 30.0 Å². The van der Waals surface area contributed by atoms with Gasteiger partial charge in [0.25, 0.3) is 0 Å². The number of hydrogen-bond acceptors (Lipinski definition) is 3. The summed E-state index contributed by atoms with van der Waals surface area (Å²) in [6.45, 7) is 2.03. The van der Waals surface area contributed by atoms with Crippen LogP contribution >= 0.6 is 11.3 Å². The van der Waals surface area contributed by atoms with E-state index in [1.54, 1.807) is 23.5 Å². The number of thiophene rings is 1. The molecule has 138 valence electrons. The van der Waals surface area contributed by atoms with Crippen molar-refractivity contribution in [2.24, 2.45) is 0 Å². The van der Waals surface area contributed by atoms with Crippen LogP contribution in [0.3, 0.4) is 0 Å². The van der Waals surface area contributed by atoms with Crippen LogP contribution in [0.25, 0.3) is 0 Å². The average Bonchev–Trinajstić information content (AvgIpc) is 3.21. The van der Waals surface area contributed by atoms with Crippen LogP contribution in [0.15, 0.2) is 66.0 Å². The van der Waals surface area contributed by atoms with Crippen LogP contribution in [0.1, 0.15) is 27.6 Å². The molecular weight excluding hydrogens is 359 g/mol. The number of halogens is 1. The molecule has 0 radical (unpaired) electrons. The summed E-state index contributed by atoms with van der Waals surface area (Å²) in [5.74, 6) is -0.293. The summed E-state index contributed by atoms with van der Waals surface area (Å²) in [4.78, 5) is 16.0. The highest BCUT2D eigenvalue weighted by molar-refractivity contribution is 7.10. The molecule has 1 N–H and O–H groups in total. The summed E-state index contributed by atoms with van der Waals surface area (Å²) in [6.07, 6.45) is 0.968. The molecular formula is C22H21FN2OS. The summed E-state index contributed by atoms with van der Waals surface area (Å²) < 4.78 is 13.3. The lowest BCUT2D eigenvalue weighted by molar-refractivity contribution is -0.122. The average molecular weight is 380 g/mol. The van der Waals surface area contributed by atoms with Crippen molar-refractivity contribution in [2.45, 2.75) is 19.0 Å². The van der Waals surface area contributed by atoms with E-state index in [-0.39, 0.29) is 17.8 Å². The zero-order chi connectivity index (χ0) is 18.6. The molecule has 0 bridgehead atoms. The topological polar surface area (TPSA) is 32.3 Å². The Morgan fingerprint density at radius 1 is 1.07 bits per heavy atom. The number of rotatable bonds is 5. The smallest absolute Gasteiger partial charge is 0.234 e. The van der Waals surface area contributed by atoms with Gasteiger partial charge in [0.05, 0.1) is 12.6 Å². The van der Waals surface area contributed by atoms with Crippen LogP contribution in [0.4, 0.5) is 4.39 Å². The summed E-state index contributed by atoms with van der Waals surface area (Å²) in [7, 11) is 0. The van der Waals surface area contributed by atoms with Crippen LogP contribution < -0.4 is 5.32 Å². The molecule has 2 heterocycles. The van der Waals surface area contributed by atoms with Crippen molar-refractivity contribution in [3.63, 3.8) is 0 Å². The Morgan fingerprint density at radius 2 is 1.85 bits per heavy atom. The predicted molar refractivity (Wildman–Crippen MR) is 106 cm³/mol. The minimum absolute atomic E-state index is 0.0166. The third-order valence-electron chi connectivity index (χ3n) is 4.91. The van der Waals surface area contributed by atoms with E-state index < -0.39 is 0 Å². The maximum Gasteiger partial charge on any atom is 0.234 e. The van der Waals surface area contributed by atoms with E-state index in [2.05, 4.69) is 28.4 Å². The highest BCUT2D eigenvalue weighted by Crippen LogP contribution is 2.26. The van der Waals surface area contributed by atoms with Crippen LogP contribution in [-0.4, -0.2) is 23.9 Å². The van der Waals surface area contributed by atoms with Crippen molar-refractivity contribution in [1.29, 1.82) is 0 Å². The van der Waals surface area contributed by atoms with E-state index in [1.165, 1.54) is 23.3 Å². The van der Waals surface area contributed by atoms with Gasteiger partial charge in [-0.15, -0.1) is 11.3 Å². The Balaban J connectivity index is 1.45. The Hall–Kier alpha value is -2.50. The molecule has 1 aliphatic rings. The van der Waals surface area contributed by atoms with Crippen molar-refractivity contribution < 1.29 is 9.18 Å². The minimum atomic E-state index is -0.276. The number of nitrogens with zero attached hydrogens (tertiary/aromatic N) is 1. The number of nitrogens with one attached hydrogen (secondary N) is 1. The maximum atomic E-state index is 13.3. The van der Waals surface area contributed by atoms with E-state index in [4.69, 9.17) is 0 Å². The molecule has 1 aromatic heterocycles. The maximum absolute atomic E-state index is 13.3. The fourth-order valence-electron chi connectivity index (χ4n) is 3.53. The minimum Gasteiger partial charge on any atom is -0.343 e. The van der Waals surface area contributed by atoms with Crippen molar-refractivity contribution in [3.8, 4) is 0 Å². The fraction of sp³-hybridized carbons (Fsp3) is 0.227. The molecule has 0 fully saturated rings. The molecule has 0 aliphatic carbocycles. The molecule has 0 spiro atoms. The monoisotopic (exact) mass is 380 g/mol. The van der Waals surface area contributed by atoms with Gasteiger partial charge in [0.1, 0.15) is 5.82 Å². The van der Waals surface area contributed by atoms with Gasteiger partial charge in [-0.1, -0.05) is 42.5 Å². The lowest BCUT2D eigenvalue weighted by Gasteiger charge is -2.29. The number of fused-ring (bicyclic) bond motifs is 1. The fourth-order valence-corrected chi connectivity index (χ4v) is 4.33. The first-order valence-corrected chi connectivity index (χ1v) is 9.94. The summed E-state index contributed by atoms with van der Waals surface area (Å²) >= 11 is 1.59. The van der Waals surface area contributed by atoms with Gasteiger partial charge < -0.3 is 5.32 Å². The standard InChI is InChI=1S/C22H21FN2OS/c23-19-9-7-17(8-10-19)22(20-6-3-13-27-20)24-21(26)15-25-12-11-16-4-1-2-5-18(16)14-25/h1-10,13,22H,11-12,14-15H2,(H,24,26)/t22-/m1/s1.